The van der Waals surface area contributed by atoms with Crippen LogP contribution >= 0.6 is 11.6 Å². The van der Waals surface area contributed by atoms with Gasteiger partial charge in [0.25, 0.3) is 0 Å². The number of ether oxygens (including phenoxy) is 2. The number of nitrogens with one attached hydrogen (secondary N) is 1. The smallest absolute Gasteiger partial charge is 0.243 e. The third-order valence-corrected chi connectivity index (χ3v) is 8.33. The first-order chi connectivity index (χ1) is 20.2. The first kappa shape index (κ1) is 31.2. The molecule has 9 nitrogen and oxygen atoms in total. The van der Waals surface area contributed by atoms with Crippen LogP contribution in [-0.2, 0) is 32.6 Å². The van der Waals surface area contributed by atoms with Gasteiger partial charge in [-0.05, 0) is 48.2 Å². The molecule has 3 aromatic rings. The summed E-state index contributed by atoms with van der Waals surface area (Å²) < 4.78 is 37.4. The summed E-state index contributed by atoms with van der Waals surface area (Å²) in [5, 5.41) is 3.53. The van der Waals surface area contributed by atoms with E-state index in [1.165, 1.54) is 4.31 Å². The van der Waals surface area contributed by atoms with Gasteiger partial charge in [0.1, 0.15) is 6.04 Å². The molecule has 0 saturated heterocycles. The second-order valence-corrected chi connectivity index (χ2v) is 12.5. The SMILES string of the molecule is CCCNC(=O)[C@H](Cc1ccccc1)N(Cc1ccc(Cl)cc1)C(=O)CCCN(c1ccc2c(c1)OCO2)S(C)(=O)=O. The second kappa shape index (κ2) is 14.4. The van der Waals surface area contributed by atoms with Gasteiger partial charge in [0.05, 0.1) is 11.9 Å². The van der Waals surface area contributed by atoms with Crippen molar-refractivity contribution in [3.8, 4) is 11.5 Å². The molecule has 4 rings (SSSR count). The van der Waals surface area contributed by atoms with Crippen LogP contribution in [0.5, 0.6) is 11.5 Å². The minimum absolute atomic E-state index is 0.0382. The van der Waals surface area contributed by atoms with Crippen molar-refractivity contribution < 1.29 is 27.5 Å². The quantitative estimate of drug-likeness (QED) is 0.281. The molecule has 0 saturated carbocycles. The molecule has 0 unspecified atom stereocenters. The summed E-state index contributed by atoms with van der Waals surface area (Å²) in [7, 11) is -3.65. The molecule has 42 heavy (non-hydrogen) atoms. The van der Waals surface area contributed by atoms with Gasteiger partial charge < -0.3 is 19.7 Å². The van der Waals surface area contributed by atoms with E-state index in [0.29, 0.717) is 35.2 Å². The first-order valence-electron chi connectivity index (χ1n) is 13.9. The summed E-state index contributed by atoms with van der Waals surface area (Å²) in [5.74, 6) is 0.525. The molecule has 1 atom stereocenters. The van der Waals surface area contributed by atoms with E-state index >= 15 is 0 Å². The van der Waals surface area contributed by atoms with Crippen molar-refractivity contribution in [1.82, 2.24) is 10.2 Å². The molecule has 0 bridgehead atoms. The fourth-order valence-electron chi connectivity index (χ4n) is 4.75. The van der Waals surface area contributed by atoms with E-state index in [4.69, 9.17) is 21.1 Å². The Bertz CT molecular complexity index is 1470. The predicted molar refractivity (Wildman–Crippen MR) is 163 cm³/mol. The number of carbonyl (C=O) groups excluding carboxylic acids is 2. The van der Waals surface area contributed by atoms with Crippen LogP contribution in [0.4, 0.5) is 5.69 Å². The molecule has 1 heterocycles. The van der Waals surface area contributed by atoms with Crippen LogP contribution in [0.2, 0.25) is 5.02 Å². The number of amides is 2. The topological polar surface area (TPSA) is 105 Å². The zero-order valence-electron chi connectivity index (χ0n) is 23.8. The average Bonchev–Trinajstić information content (AvgIpc) is 3.44. The van der Waals surface area contributed by atoms with Gasteiger partial charge in [-0.15, -0.1) is 0 Å². The Morgan fingerprint density at radius 2 is 1.69 bits per heavy atom. The lowest BCUT2D eigenvalue weighted by Crippen LogP contribution is -2.50. The fraction of sp³-hybridized carbons (Fsp3) is 0.355. The van der Waals surface area contributed by atoms with Crippen LogP contribution in [0.3, 0.4) is 0 Å². The molecular formula is C31H36ClN3O6S. The van der Waals surface area contributed by atoms with Crippen LogP contribution in [0, 0.1) is 0 Å². The van der Waals surface area contributed by atoms with E-state index in [2.05, 4.69) is 5.32 Å². The van der Waals surface area contributed by atoms with Crippen molar-refractivity contribution in [2.24, 2.45) is 0 Å². The van der Waals surface area contributed by atoms with E-state index in [0.717, 1.165) is 23.8 Å². The van der Waals surface area contributed by atoms with Crippen molar-refractivity contribution in [1.29, 1.82) is 0 Å². The van der Waals surface area contributed by atoms with Crippen molar-refractivity contribution in [3.63, 3.8) is 0 Å². The molecular weight excluding hydrogens is 578 g/mol. The third kappa shape index (κ3) is 8.39. The zero-order valence-corrected chi connectivity index (χ0v) is 25.4. The van der Waals surface area contributed by atoms with Crippen molar-refractivity contribution >= 4 is 39.1 Å². The lowest BCUT2D eigenvalue weighted by molar-refractivity contribution is -0.141. The molecule has 1 aliphatic rings. The molecule has 3 aromatic carbocycles. The summed E-state index contributed by atoms with van der Waals surface area (Å²) in [6.07, 6.45) is 2.50. The fourth-order valence-corrected chi connectivity index (χ4v) is 5.83. The van der Waals surface area contributed by atoms with Crippen molar-refractivity contribution in [2.45, 2.75) is 45.2 Å². The van der Waals surface area contributed by atoms with Crippen molar-refractivity contribution in [2.75, 3.05) is 30.4 Å². The molecule has 11 heteroatoms. The largest absolute Gasteiger partial charge is 0.454 e. The number of carbonyl (C=O) groups is 2. The van der Waals surface area contributed by atoms with E-state index in [1.54, 1.807) is 35.2 Å². The van der Waals surface area contributed by atoms with Gasteiger partial charge in [-0.25, -0.2) is 8.42 Å². The molecule has 0 radical (unpaired) electrons. The molecule has 0 aliphatic carbocycles. The van der Waals surface area contributed by atoms with Gasteiger partial charge >= 0.3 is 0 Å². The normalized spacial score (nSPS) is 12.9. The summed E-state index contributed by atoms with van der Waals surface area (Å²) >= 11 is 6.09. The minimum atomic E-state index is -3.65. The van der Waals surface area contributed by atoms with Crippen LogP contribution in [0.15, 0.2) is 72.8 Å². The summed E-state index contributed by atoms with van der Waals surface area (Å²) in [5.41, 5.74) is 2.18. The van der Waals surface area contributed by atoms with Gasteiger partial charge in [0, 0.05) is 43.6 Å². The Labute approximate surface area is 252 Å². The maximum atomic E-state index is 13.9. The summed E-state index contributed by atoms with van der Waals surface area (Å²) in [6.45, 7) is 2.81. The molecule has 1 aliphatic heterocycles. The highest BCUT2D eigenvalue weighted by molar-refractivity contribution is 7.92. The second-order valence-electron chi connectivity index (χ2n) is 10.1. The Hall–Kier alpha value is -3.76. The van der Waals surface area contributed by atoms with Gasteiger partial charge in [-0.2, -0.15) is 0 Å². The van der Waals surface area contributed by atoms with Gasteiger partial charge in [0.2, 0.25) is 28.6 Å². The highest BCUT2D eigenvalue weighted by atomic mass is 35.5. The summed E-state index contributed by atoms with van der Waals surface area (Å²) in [6, 6.07) is 20.9. The number of sulfonamides is 1. The minimum Gasteiger partial charge on any atom is -0.454 e. The highest BCUT2D eigenvalue weighted by Gasteiger charge is 2.30. The highest BCUT2D eigenvalue weighted by Crippen LogP contribution is 2.36. The number of hydrogen-bond donors (Lipinski definition) is 1. The molecule has 0 aromatic heterocycles. The summed E-state index contributed by atoms with van der Waals surface area (Å²) in [4.78, 5) is 28.9. The number of halogens is 1. The van der Waals surface area contributed by atoms with Crippen LogP contribution in [-0.4, -0.2) is 57.3 Å². The molecule has 2 amide bonds. The standard InChI is InChI=1S/C31H36ClN3O6S/c1-3-17-33-31(37)27(19-23-8-5-4-6-9-23)34(21-24-11-13-25(32)14-12-24)30(36)10-7-18-35(42(2,38)39)26-15-16-28-29(20-26)41-22-40-28/h4-6,8-9,11-16,20,27H,3,7,10,17-19,21-22H2,1-2H3,(H,33,37)/t27-/m0/s1. The number of hydrogen-bond acceptors (Lipinski definition) is 6. The third-order valence-electron chi connectivity index (χ3n) is 6.88. The zero-order chi connectivity index (χ0) is 30.1. The molecule has 224 valence electrons. The number of anilines is 1. The molecule has 0 fully saturated rings. The van der Waals surface area contributed by atoms with Gasteiger partial charge in [-0.3, -0.25) is 13.9 Å². The number of rotatable bonds is 14. The van der Waals surface area contributed by atoms with E-state index in [9.17, 15) is 18.0 Å². The monoisotopic (exact) mass is 613 g/mol. The van der Waals surface area contributed by atoms with Gasteiger partial charge in [0.15, 0.2) is 11.5 Å². The lowest BCUT2D eigenvalue weighted by atomic mass is 10.0. The number of fused-ring (bicyclic) bond motifs is 1. The number of benzene rings is 3. The molecule has 0 spiro atoms. The van der Waals surface area contributed by atoms with E-state index in [1.807, 2.05) is 49.4 Å². The average molecular weight is 614 g/mol. The van der Waals surface area contributed by atoms with Crippen LogP contribution < -0.4 is 19.1 Å². The van der Waals surface area contributed by atoms with Crippen LogP contribution in [0.1, 0.15) is 37.3 Å². The Morgan fingerprint density at radius 1 is 0.976 bits per heavy atom. The molecule has 1 N–H and O–H groups in total. The maximum absolute atomic E-state index is 13.9. The van der Waals surface area contributed by atoms with Gasteiger partial charge in [-0.1, -0.05) is 61.0 Å². The van der Waals surface area contributed by atoms with Crippen molar-refractivity contribution in [3.05, 3.63) is 88.9 Å². The number of nitrogens with zero attached hydrogens (tertiary/aromatic N) is 2. The maximum Gasteiger partial charge on any atom is 0.243 e. The predicted octanol–water partition coefficient (Wildman–Crippen LogP) is 4.78. The Balaban J connectivity index is 1.56. The lowest BCUT2D eigenvalue weighted by Gasteiger charge is -2.32. The first-order valence-corrected chi connectivity index (χ1v) is 16.1. The Kier molecular flexibility index (Phi) is 10.7. The van der Waals surface area contributed by atoms with Crippen LogP contribution in [0.25, 0.3) is 0 Å². The van der Waals surface area contributed by atoms with E-state index < -0.39 is 16.1 Å². The van der Waals surface area contributed by atoms with E-state index in [-0.39, 0.29) is 44.5 Å². The Morgan fingerprint density at radius 3 is 2.38 bits per heavy atom.